The Hall–Kier alpha value is -3.35. The van der Waals surface area contributed by atoms with Gasteiger partial charge in [-0.05, 0) is 42.3 Å². The van der Waals surface area contributed by atoms with E-state index >= 15 is 0 Å². The molecule has 1 heterocycles. The van der Waals surface area contributed by atoms with Crippen LogP contribution in [0.3, 0.4) is 0 Å². The summed E-state index contributed by atoms with van der Waals surface area (Å²) in [6.07, 6.45) is 2.90. The molecule has 7 heteroatoms. The Labute approximate surface area is 137 Å². The summed E-state index contributed by atoms with van der Waals surface area (Å²) in [6.45, 7) is 1.93. The number of anilines is 1. The smallest absolute Gasteiger partial charge is 0.293 e. The summed E-state index contributed by atoms with van der Waals surface area (Å²) in [5.41, 5.74) is 1.52. The fourth-order valence-electron chi connectivity index (χ4n) is 2.26. The maximum atomic E-state index is 12.0. The number of carbonyl (C=O) groups excluding carboxylic acids is 1. The highest BCUT2D eigenvalue weighted by atomic mass is 16.7. The van der Waals surface area contributed by atoms with Gasteiger partial charge in [-0.2, -0.15) is 0 Å². The molecule has 2 aromatic rings. The molecule has 1 aliphatic rings. The molecule has 0 radical (unpaired) electrons. The fourth-order valence-corrected chi connectivity index (χ4v) is 2.26. The number of ether oxygens (including phenoxy) is 2. The average molecular weight is 326 g/mol. The molecule has 3 rings (SSSR count). The molecule has 0 saturated carbocycles. The van der Waals surface area contributed by atoms with E-state index in [2.05, 4.69) is 5.32 Å². The maximum absolute atomic E-state index is 12.0. The average Bonchev–Trinajstić information content (AvgIpc) is 3.02. The zero-order chi connectivity index (χ0) is 17.1. The quantitative estimate of drug-likeness (QED) is 0.529. The van der Waals surface area contributed by atoms with Gasteiger partial charge in [0.2, 0.25) is 12.7 Å². The Kier molecular flexibility index (Phi) is 4.15. The molecule has 7 nitrogen and oxygen atoms in total. The lowest BCUT2D eigenvalue weighted by Crippen LogP contribution is -2.09. The van der Waals surface area contributed by atoms with Crippen LogP contribution in [0.2, 0.25) is 0 Å². The van der Waals surface area contributed by atoms with Crippen LogP contribution < -0.4 is 14.8 Å². The first-order valence-corrected chi connectivity index (χ1v) is 7.17. The van der Waals surface area contributed by atoms with Crippen LogP contribution in [-0.2, 0) is 4.79 Å². The Bertz CT molecular complexity index is 845. The van der Waals surface area contributed by atoms with Crippen molar-refractivity contribution in [3.8, 4) is 11.5 Å². The summed E-state index contributed by atoms with van der Waals surface area (Å²) in [5.74, 6) is 0.818. The zero-order valence-electron chi connectivity index (χ0n) is 12.8. The van der Waals surface area contributed by atoms with Crippen molar-refractivity contribution in [2.75, 3.05) is 12.1 Å². The van der Waals surface area contributed by atoms with E-state index in [1.165, 1.54) is 18.2 Å². The maximum Gasteiger partial charge on any atom is 0.293 e. The minimum atomic E-state index is -0.524. The molecule has 0 aliphatic carbocycles. The molecule has 0 spiro atoms. The fraction of sp³-hybridized carbons (Fsp3) is 0.118. The predicted molar refractivity (Wildman–Crippen MR) is 88.1 cm³/mol. The van der Waals surface area contributed by atoms with Gasteiger partial charge in [0, 0.05) is 12.1 Å². The van der Waals surface area contributed by atoms with Crippen LogP contribution in [0.15, 0.2) is 42.5 Å². The SMILES string of the molecule is Cc1ccc(NC(=O)C=Cc2ccc3c(c2)OCO3)c([N+](=O)[O-])c1. The summed E-state index contributed by atoms with van der Waals surface area (Å²) < 4.78 is 10.5. The lowest BCUT2D eigenvalue weighted by molar-refractivity contribution is -0.384. The van der Waals surface area contributed by atoms with E-state index in [1.54, 1.807) is 37.3 Å². The molecular formula is C17H14N2O5. The number of amides is 1. The van der Waals surface area contributed by atoms with Gasteiger partial charge in [-0.15, -0.1) is 0 Å². The van der Waals surface area contributed by atoms with E-state index in [4.69, 9.17) is 9.47 Å². The normalized spacial score (nSPS) is 12.4. The van der Waals surface area contributed by atoms with E-state index in [-0.39, 0.29) is 18.2 Å². The van der Waals surface area contributed by atoms with Gasteiger partial charge in [0.25, 0.3) is 5.69 Å². The molecular weight excluding hydrogens is 312 g/mol. The highest BCUT2D eigenvalue weighted by Gasteiger charge is 2.15. The number of benzene rings is 2. The van der Waals surface area contributed by atoms with Crippen molar-refractivity contribution in [1.82, 2.24) is 0 Å². The van der Waals surface area contributed by atoms with Gasteiger partial charge in [-0.1, -0.05) is 12.1 Å². The molecule has 0 fully saturated rings. The van der Waals surface area contributed by atoms with Crippen LogP contribution >= 0.6 is 0 Å². The van der Waals surface area contributed by atoms with Crippen molar-refractivity contribution in [2.24, 2.45) is 0 Å². The molecule has 0 aromatic heterocycles. The Morgan fingerprint density at radius 2 is 2.00 bits per heavy atom. The van der Waals surface area contributed by atoms with E-state index in [0.29, 0.717) is 11.5 Å². The molecule has 0 atom stereocenters. The molecule has 1 amide bonds. The topological polar surface area (TPSA) is 90.7 Å². The van der Waals surface area contributed by atoms with Gasteiger partial charge in [0.1, 0.15) is 5.69 Å². The van der Waals surface area contributed by atoms with Crippen molar-refractivity contribution in [2.45, 2.75) is 6.92 Å². The van der Waals surface area contributed by atoms with E-state index in [9.17, 15) is 14.9 Å². The van der Waals surface area contributed by atoms with Crippen molar-refractivity contribution in [3.63, 3.8) is 0 Å². The number of aryl methyl sites for hydroxylation is 1. The Balaban J connectivity index is 1.73. The van der Waals surface area contributed by atoms with E-state index < -0.39 is 10.8 Å². The van der Waals surface area contributed by atoms with Crippen molar-refractivity contribution in [3.05, 3.63) is 63.7 Å². The molecule has 1 N–H and O–H groups in total. The number of carbonyl (C=O) groups is 1. The second-order valence-electron chi connectivity index (χ2n) is 5.21. The summed E-state index contributed by atoms with van der Waals surface area (Å²) >= 11 is 0. The number of nitro benzene ring substituents is 1. The molecule has 0 bridgehead atoms. The third kappa shape index (κ3) is 3.35. The number of nitro groups is 1. The Morgan fingerprint density at radius 3 is 2.79 bits per heavy atom. The van der Waals surface area contributed by atoms with Gasteiger partial charge < -0.3 is 14.8 Å². The summed E-state index contributed by atoms with van der Waals surface area (Å²) in [5, 5.41) is 13.6. The highest BCUT2D eigenvalue weighted by Crippen LogP contribution is 2.32. The summed E-state index contributed by atoms with van der Waals surface area (Å²) in [6, 6.07) is 9.91. The van der Waals surface area contributed by atoms with Crippen LogP contribution in [0.5, 0.6) is 11.5 Å². The summed E-state index contributed by atoms with van der Waals surface area (Å²) in [4.78, 5) is 22.5. The minimum absolute atomic E-state index is 0.139. The van der Waals surface area contributed by atoms with Crippen molar-refractivity contribution >= 4 is 23.4 Å². The first kappa shape index (κ1) is 15.5. The number of nitrogens with zero attached hydrogens (tertiary/aromatic N) is 1. The van der Waals surface area contributed by atoms with Crippen LogP contribution in [0.1, 0.15) is 11.1 Å². The molecule has 0 saturated heterocycles. The van der Waals surface area contributed by atoms with Crippen LogP contribution in [0, 0.1) is 17.0 Å². The number of hydrogen-bond acceptors (Lipinski definition) is 5. The van der Waals surface area contributed by atoms with Crippen LogP contribution in [0.25, 0.3) is 6.08 Å². The second-order valence-corrected chi connectivity index (χ2v) is 5.21. The van der Waals surface area contributed by atoms with E-state index in [0.717, 1.165) is 11.1 Å². The van der Waals surface area contributed by atoms with Crippen molar-refractivity contribution < 1.29 is 19.2 Å². The predicted octanol–water partition coefficient (Wildman–Crippen LogP) is 3.28. The monoisotopic (exact) mass is 326 g/mol. The van der Waals surface area contributed by atoms with Gasteiger partial charge in [0.05, 0.1) is 4.92 Å². The minimum Gasteiger partial charge on any atom is -0.454 e. The van der Waals surface area contributed by atoms with Gasteiger partial charge in [-0.25, -0.2) is 0 Å². The molecule has 2 aromatic carbocycles. The number of nitrogens with one attached hydrogen (secondary N) is 1. The van der Waals surface area contributed by atoms with Gasteiger partial charge in [0.15, 0.2) is 11.5 Å². The second kappa shape index (κ2) is 6.41. The first-order valence-electron chi connectivity index (χ1n) is 7.17. The van der Waals surface area contributed by atoms with Gasteiger partial charge >= 0.3 is 0 Å². The lowest BCUT2D eigenvalue weighted by atomic mass is 10.1. The molecule has 24 heavy (non-hydrogen) atoms. The summed E-state index contributed by atoms with van der Waals surface area (Å²) in [7, 11) is 0. The zero-order valence-corrected chi connectivity index (χ0v) is 12.8. The third-order valence-corrected chi connectivity index (χ3v) is 3.43. The van der Waals surface area contributed by atoms with Crippen LogP contribution in [-0.4, -0.2) is 17.6 Å². The first-order chi connectivity index (χ1) is 11.5. The third-order valence-electron chi connectivity index (χ3n) is 3.43. The number of hydrogen-bond donors (Lipinski definition) is 1. The van der Waals surface area contributed by atoms with Crippen molar-refractivity contribution in [1.29, 1.82) is 0 Å². The number of fused-ring (bicyclic) bond motifs is 1. The largest absolute Gasteiger partial charge is 0.454 e. The van der Waals surface area contributed by atoms with Gasteiger partial charge in [-0.3, -0.25) is 14.9 Å². The van der Waals surface area contributed by atoms with Crippen LogP contribution in [0.4, 0.5) is 11.4 Å². The van der Waals surface area contributed by atoms with E-state index in [1.807, 2.05) is 0 Å². The standard InChI is InChI=1S/C17H14N2O5/c1-11-2-5-13(14(8-11)19(21)22)18-17(20)7-4-12-3-6-15-16(9-12)24-10-23-15/h2-9H,10H2,1H3,(H,18,20). The number of rotatable bonds is 4. The lowest BCUT2D eigenvalue weighted by Gasteiger charge is -2.04. The molecule has 122 valence electrons. The Morgan fingerprint density at radius 1 is 1.21 bits per heavy atom. The molecule has 0 unspecified atom stereocenters. The molecule has 1 aliphatic heterocycles. The highest BCUT2D eigenvalue weighted by molar-refractivity contribution is 6.03.